The highest BCUT2D eigenvalue weighted by molar-refractivity contribution is 7.90. The van der Waals surface area contributed by atoms with E-state index in [1.165, 1.54) is 11.3 Å². The van der Waals surface area contributed by atoms with E-state index in [1.54, 1.807) is 13.0 Å². The molecule has 1 saturated carbocycles. The Bertz CT molecular complexity index is 1820. The average molecular weight is 620 g/mol. The molecular weight excluding hydrogens is 590 g/mol. The summed E-state index contributed by atoms with van der Waals surface area (Å²) in [5.41, 5.74) is 3.97. The molecule has 10 heteroatoms. The summed E-state index contributed by atoms with van der Waals surface area (Å²) in [7, 11) is -3.51. The lowest BCUT2D eigenvalue weighted by molar-refractivity contribution is 0.192. The molecule has 2 N–H and O–H groups in total. The quantitative estimate of drug-likeness (QED) is 0.171. The van der Waals surface area contributed by atoms with Gasteiger partial charge < -0.3 is 9.84 Å². The van der Waals surface area contributed by atoms with Crippen molar-refractivity contribution >= 4 is 43.0 Å². The number of hydrogen-bond donors (Lipinski definition) is 2. The molecule has 2 heterocycles. The van der Waals surface area contributed by atoms with E-state index in [1.807, 2.05) is 78.9 Å². The predicted octanol–water partition coefficient (Wildman–Crippen LogP) is 6.69. The first-order valence-corrected chi connectivity index (χ1v) is 16.5. The molecule has 7 nitrogen and oxygen atoms in total. The zero-order valence-corrected chi connectivity index (χ0v) is 25.3. The molecule has 2 aromatic heterocycles. The Morgan fingerprint density at radius 3 is 2.52 bits per heavy atom. The minimum absolute atomic E-state index is 0.339. The highest BCUT2D eigenvalue weighted by Crippen LogP contribution is 2.41. The second-order valence-electron chi connectivity index (χ2n) is 10.6. The zero-order valence-electron chi connectivity index (χ0n) is 22.9. The normalized spacial score (nSPS) is 15.0. The van der Waals surface area contributed by atoms with Gasteiger partial charge in [0.25, 0.3) is 0 Å². The largest absolute Gasteiger partial charge is 0.472 e. The lowest BCUT2D eigenvalue weighted by atomic mass is 10.0. The van der Waals surface area contributed by atoms with E-state index < -0.39 is 22.2 Å². The number of aliphatic hydroxyl groups is 1. The molecule has 0 spiro atoms. The van der Waals surface area contributed by atoms with Crippen LogP contribution in [-0.2, 0) is 23.1 Å². The van der Waals surface area contributed by atoms with Gasteiger partial charge in [-0.15, -0.1) is 21.5 Å². The fourth-order valence-electron chi connectivity index (χ4n) is 4.91. The van der Waals surface area contributed by atoms with Crippen molar-refractivity contribution in [3.63, 3.8) is 0 Å². The smallest absolute Gasteiger partial charge is 0.237 e. The van der Waals surface area contributed by atoms with Crippen molar-refractivity contribution in [2.75, 3.05) is 0 Å². The van der Waals surface area contributed by atoms with E-state index in [0.29, 0.717) is 48.0 Å². The summed E-state index contributed by atoms with van der Waals surface area (Å²) < 4.78 is 36.0. The van der Waals surface area contributed by atoms with Gasteiger partial charge in [0.15, 0.2) is 0 Å². The number of fused-ring (bicyclic) bond motifs is 1. The molecule has 0 aliphatic heterocycles. The van der Waals surface area contributed by atoms with Crippen LogP contribution >= 0.6 is 22.9 Å². The van der Waals surface area contributed by atoms with Crippen molar-refractivity contribution in [1.29, 1.82) is 0 Å². The number of sulfonamides is 1. The lowest BCUT2D eigenvalue weighted by Crippen LogP contribution is -2.31. The lowest BCUT2D eigenvalue weighted by Gasteiger charge is -2.19. The van der Waals surface area contributed by atoms with Crippen LogP contribution in [0.3, 0.4) is 0 Å². The van der Waals surface area contributed by atoms with Crippen LogP contribution < -0.4 is 9.46 Å². The predicted molar refractivity (Wildman–Crippen MR) is 167 cm³/mol. The van der Waals surface area contributed by atoms with Gasteiger partial charge in [-0.2, -0.15) is 0 Å². The van der Waals surface area contributed by atoms with Crippen molar-refractivity contribution < 1.29 is 18.3 Å². The van der Waals surface area contributed by atoms with Crippen LogP contribution in [0.15, 0.2) is 84.9 Å². The zero-order chi connectivity index (χ0) is 29.3. The summed E-state index contributed by atoms with van der Waals surface area (Å²) in [5, 5.41) is 20.2. The van der Waals surface area contributed by atoms with Crippen LogP contribution in [0, 0.1) is 0 Å². The number of aliphatic hydroxyl groups excluding tert-OH is 1. The molecule has 0 amide bonds. The van der Waals surface area contributed by atoms with Crippen molar-refractivity contribution in [2.24, 2.45) is 0 Å². The number of benzene rings is 3. The fourth-order valence-corrected chi connectivity index (χ4v) is 8.02. The molecule has 2 unspecified atom stereocenters. The van der Waals surface area contributed by atoms with E-state index in [4.69, 9.17) is 16.3 Å². The molecule has 1 fully saturated rings. The molecule has 42 heavy (non-hydrogen) atoms. The SMILES string of the molecule is CC(O)Cc1cc(-c2cccc3cc(C(NS(=O)(=O)C4CC4)c4ccccc4Cl)sc23)nnc1OCc1ccccc1. The summed E-state index contributed by atoms with van der Waals surface area (Å²) in [6.07, 6.45) is 1.09. The Balaban J connectivity index is 1.38. The Hall–Kier alpha value is -3.34. The molecule has 0 bridgehead atoms. The summed E-state index contributed by atoms with van der Waals surface area (Å²) in [6, 6.07) is 26.3. The Morgan fingerprint density at radius 1 is 1.02 bits per heavy atom. The van der Waals surface area contributed by atoms with Crippen LogP contribution in [0.5, 0.6) is 5.88 Å². The minimum Gasteiger partial charge on any atom is -0.472 e. The topological polar surface area (TPSA) is 101 Å². The van der Waals surface area contributed by atoms with Crippen molar-refractivity contribution in [2.45, 2.75) is 50.2 Å². The summed E-state index contributed by atoms with van der Waals surface area (Å²) in [6.45, 7) is 2.07. The highest BCUT2D eigenvalue weighted by Gasteiger charge is 2.38. The van der Waals surface area contributed by atoms with E-state index in [9.17, 15) is 13.5 Å². The van der Waals surface area contributed by atoms with E-state index in [2.05, 4.69) is 14.9 Å². The third-order valence-electron chi connectivity index (χ3n) is 7.15. The third-order valence-corrected chi connectivity index (χ3v) is 10.7. The van der Waals surface area contributed by atoms with E-state index in [0.717, 1.165) is 31.7 Å². The van der Waals surface area contributed by atoms with Gasteiger partial charge in [0.05, 0.1) is 23.1 Å². The molecule has 1 aliphatic rings. The van der Waals surface area contributed by atoms with Crippen LogP contribution in [0.4, 0.5) is 0 Å². The van der Waals surface area contributed by atoms with Gasteiger partial charge in [0.2, 0.25) is 15.9 Å². The molecule has 0 radical (unpaired) electrons. The maximum absolute atomic E-state index is 13.1. The fraction of sp³-hybridized carbons (Fsp3) is 0.250. The number of halogens is 1. The Labute approximate surface area is 254 Å². The van der Waals surface area contributed by atoms with E-state index in [-0.39, 0.29) is 5.25 Å². The Morgan fingerprint density at radius 2 is 1.79 bits per heavy atom. The first-order chi connectivity index (χ1) is 20.3. The molecule has 3 aromatic carbocycles. The summed E-state index contributed by atoms with van der Waals surface area (Å²) in [5.74, 6) is 0.385. The molecule has 2 atom stereocenters. The average Bonchev–Trinajstić information content (AvgIpc) is 3.76. The minimum atomic E-state index is -3.51. The van der Waals surface area contributed by atoms with E-state index >= 15 is 0 Å². The van der Waals surface area contributed by atoms with Gasteiger partial charge in [-0.05, 0) is 54.5 Å². The number of rotatable bonds is 11. The second-order valence-corrected chi connectivity index (χ2v) is 14.1. The van der Waals surface area contributed by atoms with Gasteiger partial charge in [-0.25, -0.2) is 13.1 Å². The first kappa shape index (κ1) is 28.8. The number of nitrogens with one attached hydrogen (secondary N) is 1. The number of ether oxygens (including phenoxy) is 1. The number of aromatic nitrogens is 2. The molecule has 5 aromatic rings. The first-order valence-electron chi connectivity index (χ1n) is 13.8. The van der Waals surface area contributed by atoms with Gasteiger partial charge in [0.1, 0.15) is 6.61 Å². The maximum Gasteiger partial charge on any atom is 0.237 e. The van der Waals surface area contributed by atoms with Gasteiger partial charge in [-0.3, -0.25) is 0 Å². The van der Waals surface area contributed by atoms with Crippen LogP contribution in [0.1, 0.15) is 47.4 Å². The summed E-state index contributed by atoms with van der Waals surface area (Å²) >= 11 is 8.08. The maximum atomic E-state index is 13.1. The second kappa shape index (κ2) is 12.1. The Kier molecular flexibility index (Phi) is 8.29. The van der Waals surface area contributed by atoms with Crippen LogP contribution in [-0.4, -0.2) is 35.1 Å². The van der Waals surface area contributed by atoms with Crippen LogP contribution in [0.25, 0.3) is 21.3 Å². The summed E-state index contributed by atoms with van der Waals surface area (Å²) in [4.78, 5) is 0.828. The van der Waals surface area contributed by atoms with Crippen molar-refractivity contribution in [1.82, 2.24) is 14.9 Å². The standard InChI is InChI=1S/C32H30ClN3O4S2/c1-20(37)16-23-17-28(34-35-32(23)40-19-21-8-3-2-4-9-21)26-12-7-10-22-18-29(41-31(22)26)30(25-11-5-6-13-27(25)33)36-42(38,39)24-14-15-24/h2-13,17-18,20,24,30,36-37H,14-16,19H2,1H3. The van der Waals surface area contributed by atoms with Gasteiger partial charge >= 0.3 is 0 Å². The molecule has 216 valence electrons. The molecule has 0 saturated heterocycles. The van der Waals surface area contributed by atoms with Crippen molar-refractivity contribution in [3.8, 4) is 17.1 Å². The highest BCUT2D eigenvalue weighted by atomic mass is 35.5. The monoisotopic (exact) mass is 619 g/mol. The van der Waals surface area contributed by atoms with Crippen molar-refractivity contribution in [3.05, 3.63) is 112 Å². The number of hydrogen-bond acceptors (Lipinski definition) is 7. The van der Waals surface area contributed by atoms with Crippen LogP contribution in [0.2, 0.25) is 5.02 Å². The number of thiophene rings is 1. The molecule has 1 aliphatic carbocycles. The number of nitrogens with zero attached hydrogens (tertiary/aromatic N) is 2. The third kappa shape index (κ3) is 6.35. The molecular formula is C32H30ClN3O4S2. The van der Waals surface area contributed by atoms with Gasteiger partial charge in [-0.1, -0.05) is 78.3 Å². The molecule has 6 rings (SSSR count). The van der Waals surface area contributed by atoms with Gasteiger partial charge in [0, 0.05) is 32.1 Å².